The standard InChI is InChI=1S/C15H16N4OS2/c20-13-12-10(11-3-1-8-21-11)9-22-14(12)18-15(17-13)19-6-2-4-16-5-7-19/h1,3,8-9,16H,2,4-7H2,(H,17,18,20). The first-order valence-corrected chi connectivity index (χ1v) is 9.10. The van der Waals surface area contributed by atoms with Gasteiger partial charge in [0.1, 0.15) is 4.83 Å². The molecule has 5 nitrogen and oxygen atoms in total. The third-order valence-electron chi connectivity index (χ3n) is 3.86. The smallest absolute Gasteiger partial charge is 0.261 e. The lowest BCUT2D eigenvalue weighted by Crippen LogP contribution is -2.30. The summed E-state index contributed by atoms with van der Waals surface area (Å²) in [6.07, 6.45) is 1.06. The normalized spacial score (nSPS) is 16.1. The van der Waals surface area contributed by atoms with Crippen molar-refractivity contribution >= 4 is 38.8 Å². The minimum atomic E-state index is -0.0399. The van der Waals surface area contributed by atoms with E-state index in [4.69, 9.17) is 4.98 Å². The minimum absolute atomic E-state index is 0.0399. The van der Waals surface area contributed by atoms with Crippen LogP contribution in [0.5, 0.6) is 0 Å². The Kier molecular flexibility index (Phi) is 3.69. The first-order valence-electron chi connectivity index (χ1n) is 7.34. The van der Waals surface area contributed by atoms with E-state index in [0.29, 0.717) is 11.3 Å². The molecule has 4 rings (SSSR count). The summed E-state index contributed by atoms with van der Waals surface area (Å²) in [5, 5.41) is 8.14. The predicted molar refractivity (Wildman–Crippen MR) is 93.3 cm³/mol. The van der Waals surface area contributed by atoms with Gasteiger partial charge in [0.15, 0.2) is 0 Å². The molecule has 1 aliphatic rings. The third-order valence-corrected chi connectivity index (χ3v) is 5.63. The Morgan fingerprint density at radius 2 is 2.18 bits per heavy atom. The van der Waals surface area contributed by atoms with E-state index >= 15 is 0 Å². The summed E-state index contributed by atoms with van der Waals surface area (Å²) in [4.78, 5) is 24.3. The van der Waals surface area contributed by atoms with Gasteiger partial charge in [0.25, 0.3) is 5.56 Å². The number of nitrogens with zero attached hydrogens (tertiary/aromatic N) is 2. The van der Waals surface area contributed by atoms with Gasteiger partial charge in [-0.25, -0.2) is 4.98 Å². The number of aromatic nitrogens is 2. The second-order valence-corrected chi connectivity index (χ2v) is 7.09. The summed E-state index contributed by atoms with van der Waals surface area (Å²) in [6, 6.07) is 4.05. The Balaban J connectivity index is 1.79. The number of thiophene rings is 2. The van der Waals surface area contributed by atoms with Gasteiger partial charge in [-0.15, -0.1) is 22.7 Å². The largest absolute Gasteiger partial charge is 0.341 e. The van der Waals surface area contributed by atoms with Crippen LogP contribution in [0.2, 0.25) is 0 Å². The lowest BCUT2D eigenvalue weighted by Gasteiger charge is -2.20. The molecule has 4 heterocycles. The second kappa shape index (κ2) is 5.83. The van der Waals surface area contributed by atoms with Gasteiger partial charge in [0.05, 0.1) is 5.39 Å². The highest BCUT2D eigenvalue weighted by Gasteiger charge is 2.17. The Labute approximate surface area is 135 Å². The van der Waals surface area contributed by atoms with Crippen LogP contribution in [0.15, 0.2) is 27.7 Å². The summed E-state index contributed by atoms with van der Waals surface area (Å²) >= 11 is 3.19. The van der Waals surface area contributed by atoms with Crippen molar-refractivity contribution in [1.82, 2.24) is 15.3 Å². The van der Waals surface area contributed by atoms with Crippen molar-refractivity contribution in [2.45, 2.75) is 6.42 Å². The molecular weight excluding hydrogens is 316 g/mol. The van der Waals surface area contributed by atoms with Crippen LogP contribution < -0.4 is 15.8 Å². The van der Waals surface area contributed by atoms with Crippen LogP contribution >= 0.6 is 22.7 Å². The summed E-state index contributed by atoms with van der Waals surface area (Å²) in [7, 11) is 0. The van der Waals surface area contributed by atoms with Crippen LogP contribution in [0.25, 0.3) is 20.7 Å². The Morgan fingerprint density at radius 1 is 1.23 bits per heavy atom. The molecule has 0 saturated carbocycles. The average molecular weight is 332 g/mol. The fourth-order valence-corrected chi connectivity index (χ4v) is 4.52. The Bertz CT molecular complexity index is 829. The molecule has 1 saturated heterocycles. The van der Waals surface area contributed by atoms with Crippen molar-refractivity contribution in [3.05, 3.63) is 33.2 Å². The minimum Gasteiger partial charge on any atom is -0.341 e. The van der Waals surface area contributed by atoms with E-state index in [9.17, 15) is 4.79 Å². The number of anilines is 1. The number of H-pyrrole nitrogens is 1. The Morgan fingerprint density at radius 3 is 3.05 bits per heavy atom. The maximum atomic E-state index is 12.6. The van der Waals surface area contributed by atoms with Crippen molar-refractivity contribution in [2.75, 3.05) is 31.1 Å². The molecule has 0 unspecified atom stereocenters. The van der Waals surface area contributed by atoms with Crippen LogP contribution in [0.3, 0.4) is 0 Å². The molecule has 1 fully saturated rings. The number of hydrogen-bond acceptors (Lipinski definition) is 6. The molecule has 114 valence electrons. The maximum absolute atomic E-state index is 12.6. The van der Waals surface area contributed by atoms with E-state index in [1.165, 1.54) is 0 Å². The number of hydrogen-bond donors (Lipinski definition) is 2. The number of fused-ring (bicyclic) bond motifs is 1. The van der Waals surface area contributed by atoms with Crippen LogP contribution in [0.4, 0.5) is 5.95 Å². The average Bonchev–Trinajstić information content (AvgIpc) is 3.10. The van der Waals surface area contributed by atoms with E-state index in [1.54, 1.807) is 22.7 Å². The van der Waals surface area contributed by atoms with Gasteiger partial charge in [-0.1, -0.05) is 6.07 Å². The number of aromatic amines is 1. The first kappa shape index (κ1) is 13.9. The van der Waals surface area contributed by atoms with Gasteiger partial charge < -0.3 is 10.2 Å². The molecule has 2 N–H and O–H groups in total. The van der Waals surface area contributed by atoms with Gasteiger partial charge >= 0.3 is 0 Å². The highest BCUT2D eigenvalue weighted by molar-refractivity contribution is 7.18. The van der Waals surface area contributed by atoms with Crippen molar-refractivity contribution in [2.24, 2.45) is 0 Å². The van der Waals surface area contributed by atoms with Crippen molar-refractivity contribution in [1.29, 1.82) is 0 Å². The van der Waals surface area contributed by atoms with E-state index < -0.39 is 0 Å². The van der Waals surface area contributed by atoms with E-state index in [2.05, 4.69) is 15.2 Å². The molecule has 3 aromatic rings. The van der Waals surface area contributed by atoms with Gasteiger partial charge in [0.2, 0.25) is 5.95 Å². The number of rotatable bonds is 2. The summed E-state index contributed by atoms with van der Waals surface area (Å²) in [6.45, 7) is 3.74. The zero-order valence-corrected chi connectivity index (χ0v) is 13.6. The molecule has 3 aromatic heterocycles. The number of nitrogens with one attached hydrogen (secondary N) is 2. The molecular formula is C15H16N4OS2. The van der Waals surface area contributed by atoms with Crippen LogP contribution in [0.1, 0.15) is 6.42 Å². The van der Waals surface area contributed by atoms with E-state index in [1.807, 2.05) is 22.9 Å². The highest BCUT2D eigenvalue weighted by Crippen LogP contribution is 2.33. The lowest BCUT2D eigenvalue weighted by atomic mass is 10.2. The van der Waals surface area contributed by atoms with Crippen molar-refractivity contribution in [3.63, 3.8) is 0 Å². The van der Waals surface area contributed by atoms with Gasteiger partial charge in [0, 0.05) is 35.5 Å². The maximum Gasteiger partial charge on any atom is 0.261 e. The topological polar surface area (TPSA) is 61.0 Å². The molecule has 0 radical (unpaired) electrons. The highest BCUT2D eigenvalue weighted by atomic mass is 32.1. The van der Waals surface area contributed by atoms with Crippen LogP contribution in [-0.4, -0.2) is 36.1 Å². The molecule has 0 bridgehead atoms. The molecule has 0 aromatic carbocycles. The zero-order valence-electron chi connectivity index (χ0n) is 12.0. The van der Waals surface area contributed by atoms with Crippen LogP contribution in [-0.2, 0) is 0 Å². The van der Waals surface area contributed by atoms with E-state index in [-0.39, 0.29) is 5.56 Å². The fraction of sp³-hybridized carbons (Fsp3) is 0.333. The van der Waals surface area contributed by atoms with Gasteiger partial charge in [-0.05, 0) is 24.4 Å². The van der Waals surface area contributed by atoms with E-state index in [0.717, 1.165) is 47.9 Å². The molecule has 7 heteroatoms. The molecule has 0 aliphatic carbocycles. The summed E-state index contributed by atoms with van der Waals surface area (Å²) in [5.74, 6) is 0.695. The monoisotopic (exact) mass is 332 g/mol. The predicted octanol–water partition coefficient (Wildman–Crippen LogP) is 2.51. The van der Waals surface area contributed by atoms with Crippen molar-refractivity contribution in [3.8, 4) is 10.4 Å². The quantitative estimate of drug-likeness (QED) is 0.757. The summed E-state index contributed by atoms with van der Waals surface area (Å²) < 4.78 is 0. The molecule has 22 heavy (non-hydrogen) atoms. The second-order valence-electron chi connectivity index (χ2n) is 5.29. The lowest BCUT2D eigenvalue weighted by molar-refractivity contribution is 0.724. The Hall–Kier alpha value is -1.70. The van der Waals surface area contributed by atoms with Crippen LogP contribution in [0, 0.1) is 0 Å². The van der Waals surface area contributed by atoms with Gasteiger partial charge in [-0.3, -0.25) is 9.78 Å². The molecule has 1 aliphatic heterocycles. The third kappa shape index (κ3) is 2.45. The molecule has 0 spiro atoms. The molecule has 0 amide bonds. The fourth-order valence-electron chi connectivity index (χ4n) is 2.76. The molecule has 0 atom stereocenters. The zero-order chi connectivity index (χ0) is 14.9. The van der Waals surface area contributed by atoms with Gasteiger partial charge in [-0.2, -0.15) is 0 Å². The SMILES string of the molecule is O=c1[nH]c(N2CCCNCC2)nc2scc(-c3cccs3)c12. The van der Waals surface area contributed by atoms with Crippen molar-refractivity contribution < 1.29 is 0 Å². The first-order chi connectivity index (χ1) is 10.8. The summed E-state index contributed by atoms with van der Waals surface area (Å²) in [5.41, 5.74) is 0.953.